The molecule has 1 unspecified atom stereocenters. The highest BCUT2D eigenvalue weighted by molar-refractivity contribution is 5.80. The number of guanidine groups is 1. The third-order valence-electron chi connectivity index (χ3n) is 5.43. The number of nitrogens with zero attached hydrogens (tertiary/aromatic N) is 5. The summed E-state index contributed by atoms with van der Waals surface area (Å²) in [6.45, 7) is 6.16. The molecule has 0 aromatic carbocycles. The van der Waals surface area contributed by atoms with Crippen molar-refractivity contribution in [1.29, 1.82) is 0 Å². The maximum Gasteiger partial charge on any atom is 0.191 e. The number of likely N-dealkylation sites (tertiary alicyclic amines) is 1. The Kier molecular flexibility index (Phi) is 6.53. The third-order valence-corrected chi connectivity index (χ3v) is 5.43. The summed E-state index contributed by atoms with van der Waals surface area (Å²) >= 11 is 0. The van der Waals surface area contributed by atoms with Crippen molar-refractivity contribution in [2.45, 2.75) is 50.7 Å². The molecular formula is C19H35N7. The standard InChI is InChI=1S/C19H35N7/c1-5-20-19(23-16-8-10-26(11-9-16)17-6-7-17)21-13-18(24(2)3)15-12-22-25(4)14-15/h12,14,16-18H,5-11,13H2,1-4H3,(H2,20,21,23). The number of aryl methyl sites for hydroxylation is 1. The second-order valence-electron chi connectivity index (χ2n) is 7.83. The summed E-state index contributed by atoms with van der Waals surface area (Å²) < 4.78 is 1.85. The molecule has 1 atom stereocenters. The zero-order valence-electron chi connectivity index (χ0n) is 16.8. The zero-order valence-corrected chi connectivity index (χ0v) is 16.8. The molecule has 1 aliphatic heterocycles. The van der Waals surface area contributed by atoms with Crippen LogP contribution < -0.4 is 10.6 Å². The molecule has 1 aromatic heterocycles. The van der Waals surface area contributed by atoms with Crippen molar-refractivity contribution in [3.8, 4) is 0 Å². The lowest BCUT2D eigenvalue weighted by molar-refractivity contribution is 0.197. The minimum atomic E-state index is 0.232. The lowest BCUT2D eigenvalue weighted by atomic mass is 10.1. The Morgan fingerprint density at radius 3 is 2.58 bits per heavy atom. The first-order chi connectivity index (χ1) is 12.6. The van der Waals surface area contributed by atoms with Crippen LogP contribution in [-0.2, 0) is 7.05 Å². The number of piperidine rings is 1. The van der Waals surface area contributed by atoms with E-state index in [1.165, 1.54) is 44.3 Å². The Labute approximate surface area is 157 Å². The molecule has 1 aromatic rings. The molecule has 0 radical (unpaired) electrons. The van der Waals surface area contributed by atoms with Crippen LogP contribution in [0.15, 0.2) is 17.4 Å². The second kappa shape index (κ2) is 8.86. The monoisotopic (exact) mass is 361 g/mol. The van der Waals surface area contributed by atoms with Crippen LogP contribution in [0, 0.1) is 0 Å². The largest absolute Gasteiger partial charge is 0.357 e. The van der Waals surface area contributed by atoms with E-state index in [1.54, 1.807) is 0 Å². The summed E-state index contributed by atoms with van der Waals surface area (Å²) in [4.78, 5) is 9.75. The quantitative estimate of drug-likeness (QED) is 0.565. The van der Waals surface area contributed by atoms with Gasteiger partial charge in [-0.2, -0.15) is 5.10 Å². The van der Waals surface area contributed by atoms with Gasteiger partial charge >= 0.3 is 0 Å². The van der Waals surface area contributed by atoms with E-state index in [-0.39, 0.29) is 6.04 Å². The second-order valence-corrected chi connectivity index (χ2v) is 7.83. The summed E-state index contributed by atoms with van der Waals surface area (Å²) in [7, 11) is 6.15. The lowest BCUT2D eigenvalue weighted by Gasteiger charge is -2.33. The van der Waals surface area contributed by atoms with E-state index in [2.05, 4.69) is 52.7 Å². The fourth-order valence-corrected chi connectivity index (χ4v) is 3.72. The highest BCUT2D eigenvalue weighted by atomic mass is 15.3. The highest BCUT2D eigenvalue weighted by Crippen LogP contribution is 2.29. The van der Waals surface area contributed by atoms with Gasteiger partial charge in [-0.05, 0) is 46.7 Å². The van der Waals surface area contributed by atoms with Crippen LogP contribution in [-0.4, -0.2) is 77.9 Å². The van der Waals surface area contributed by atoms with E-state index in [9.17, 15) is 0 Å². The van der Waals surface area contributed by atoms with Crippen LogP contribution in [0.25, 0.3) is 0 Å². The van der Waals surface area contributed by atoms with Crippen molar-refractivity contribution in [3.63, 3.8) is 0 Å². The molecule has 1 saturated carbocycles. The van der Waals surface area contributed by atoms with Crippen LogP contribution in [0.5, 0.6) is 0 Å². The molecule has 1 saturated heterocycles. The normalized spacial score (nSPS) is 21.2. The number of hydrogen-bond acceptors (Lipinski definition) is 4. The van der Waals surface area contributed by atoms with E-state index >= 15 is 0 Å². The molecule has 0 bridgehead atoms. The van der Waals surface area contributed by atoms with Gasteiger partial charge in [0.15, 0.2) is 5.96 Å². The number of nitrogens with one attached hydrogen (secondary N) is 2. The van der Waals surface area contributed by atoms with E-state index in [1.807, 2.05) is 17.9 Å². The molecular weight excluding hydrogens is 326 g/mol. The van der Waals surface area contributed by atoms with E-state index < -0.39 is 0 Å². The number of aromatic nitrogens is 2. The maximum atomic E-state index is 4.88. The first-order valence-corrected chi connectivity index (χ1v) is 10.0. The third kappa shape index (κ3) is 5.20. The zero-order chi connectivity index (χ0) is 18.5. The smallest absolute Gasteiger partial charge is 0.191 e. The topological polar surface area (TPSA) is 60.7 Å². The van der Waals surface area contributed by atoms with Gasteiger partial charge in [-0.3, -0.25) is 9.67 Å². The number of rotatable bonds is 7. The fraction of sp³-hybridized carbons (Fsp3) is 0.789. The number of likely N-dealkylation sites (N-methyl/N-ethyl adjacent to an activating group) is 1. The summed E-state index contributed by atoms with van der Waals surface area (Å²) in [6.07, 6.45) is 9.24. The Bertz CT molecular complexity index is 582. The van der Waals surface area contributed by atoms with Crippen molar-refractivity contribution < 1.29 is 0 Å². The Balaban J connectivity index is 1.57. The molecule has 0 spiro atoms. The molecule has 7 heteroatoms. The van der Waals surface area contributed by atoms with Gasteiger partial charge in [-0.15, -0.1) is 0 Å². The minimum Gasteiger partial charge on any atom is -0.357 e. The summed E-state index contributed by atoms with van der Waals surface area (Å²) in [5.74, 6) is 0.938. The van der Waals surface area contributed by atoms with Gasteiger partial charge < -0.3 is 20.4 Å². The van der Waals surface area contributed by atoms with Crippen molar-refractivity contribution in [2.75, 3.05) is 40.3 Å². The Morgan fingerprint density at radius 2 is 2.04 bits per heavy atom. The fourth-order valence-electron chi connectivity index (χ4n) is 3.72. The summed E-state index contributed by atoms with van der Waals surface area (Å²) in [6, 6.07) is 1.65. The SMILES string of the molecule is CCNC(=NCC(c1cnn(C)c1)N(C)C)NC1CCN(C2CC2)CC1. The van der Waals surface area contributed by atoms with Gasteiger partial charge in [0.2, 0.25) is 0 Å². The maximum absolute atomic E-state index is 4.88. The predicted molar refractivity (Wildman–Crippen MR) is 106 cm³/mol. The molecule has 2 N–H and O–H groups in total. The molecule has 2 aliphatic rings. The number of hydrogen-bond donors (Lipinski definition) is 2. The number of aliphatic imine (C=N–C) groups is 1. The first kappa shape index (κ1) is 19.2. The van der Waals surface area contributed by atoms with Crippen LogP contribution in [0.1, 0.15) is 44.2 Å². The van der Waals surface area contributed by atoms with E-state index in [4.69, 9.17) is 4.99 Å². The lowest BCUT2D eigenvalue weighted by Crippen LogP contribution is -2.49. The molecule has 2 heterocycles. The molecule has 2 fully saturated rings. The van der Waals surface area contributed by atoms with Crippen LogP contribution in [0.2, 0.25) is 0 Å². The molecule has 7 nitrogen and oxygen atoms in total. The average Bonchev–Trinajstić information content (AvgIpc) is 3.37. The van der Waals surface area contributed by atoms with Crippen LogP contribution in [0.3, 0.4) is 0 Å². The van der Waals surface area contributed by atoms with Gasteiger partial charge in [-0.1, -0.05) is 0 Å². The van der Waals surface area contributed by atoms with Gasteiger partial charge in [0.25, 0.3) is 0 Å². The molecule has 26 heavy (non-hydrogen) atoms. The first-order valence-electron chi connectivity index (χ1n) is 10.0. The van der Waals surface area contributed by atoms with Crippen molar-refractivity contribution in [1.82, 2.24) is 30.2 Å². The molecule has 0 amide bonds. The van der Waals surface area contributed by atoms with E-state index in [0.29, 0.717) is 6.04 Å². The highest BCUT2D eigenvalue weighted by Gasteiger charge is 2.31. The Morgan fingerprint density at radius 1 is 1.31 bits per heavy atom. The van der Waals surface area contributed by atoms with Gasteiger partial charge in [0.05, 0.1) is 18.8 Å². The van der Waals surface area contributed by atoms with Crippen molar-refractivity contribution >= 4 is 5.96 Å². The van der Waals surface area contributed by atoms with Crippen molar-refractivity contribution in [2.24, 2.45) is 12.0 Å². The van der Waals surface area contributed by atoms with Gasteiger partial charge in [-0.25, -0.2) is 0 Å². The van der Waals surface area contributed by atoms with Crippen LogP contribution >= 0.6 is 0 Å². The summed E-state index contributed by atoms with van der Waals surface area (Å²) in [5, 5.41) is 11.4. The van der Waals surface area contributed by atoms with Crippen LogP contribution in [0.4, 0.5) is 0 Å². The van der Waals surface area contributed by atoms with Gasteiger partial charge in [0, 0.05) is 50.5 Å². The van der Waals surface area contributed by atoms with Gasteiger partial charge in [0.1, 0.15) is 0 Å². The Hall–Kier alpha value is -1.60. The molecule has 1 aliphatic carbocycles. The molecule has 146 valence electrons. The summed E-state index contributed by atoms with van der Waals surface area (Å²) in [5.41, 5.74) is 1.20. The van der Waals surface area contributed by atoms with Crippen molar-refractivity contribution in [3.05, 3.63) is 18.0 Å². The molecule has 3 rings (SSSR count). The average molecular weight is 362 g/mol. The predicted octanol–water partition coefficient (Wildman–Crippen LogP) is 1.20. The van der Waals surface area contributed by atoms with E-state index in [0.717, 1.165) is 25.1 Å². The minimum absolute atomic E-state index is 0.232.